The quantitative estimate of drug-likeness (QED) is 0.622. The number of nitrogens with zero attached hydrogens (tertiary/aromatic N) is 1. The summed E-state index contributed by atoms with van der Waals surface area (Å²) >= 11 is 1.10. The standard InChI is InChI=1S/C20H17N3O4S/c1-13(24)21-20-23-17(12-28-20)19(26)27-11-18(25)22-16-10-6-5-9-15(16)14-7-3-2-4-8-14/h2-10,12H,11H2,1H3,(H,22,25)(H,21,23,24). The molecule has 3 rings (SSSR count). The zero-order valence-electron chi connectivity index (χ0n) is 15.0. The average Bonchev–Trinajstić information content (AvgIpc) is 3.15. The van der Waals surface area contributed by atoms with Crippen LogP contribution in [0.2, 0.25) is 0 Å². The molecule has 1 aromatic heterocycles. The lowest BCUT2D eigenvalue weighted by Crippen LogP contribution is -2.21. The minimum Gasteiger partial charge on any atom is -0.451 e. The Bertz CT molecular complexity index is 1000. The van der Waals surface area contributed by atoms with Crippen LogP contribution in [0.4, 0.5) is 10.8 Å². The van der Waals surface area contributed by atoms with Gasteiger partial charge in [0.15, 0.2) is 17.4 Å². The van der Waals surface area contributed by atoms with Crippen molar-refractivity contribution in [2.75, 3.05) is 17.2 Å². The highest BCUT2D eigenvalue weighted by molar-refractivity contribution is 7.14. The van der Waals surface area contributed by atoms with E-state index in [4.69, 9.17) is 4.74 Å². The SMILES string of the molecule is CC(=O)Nc1nc(C(=O)OCC(=O)Nc2ccccc2-c2ccccc2)cs1. The summed E-state index contributed by atoms with van der Waals surface area (Å²) < 4.78 is 5.01. The number of hydrogen-bond acceptors (Lipinski definition) is 6. The number of carbonyl (C=O) groups is 3. The molecule has 142 valence electrons. The van der Waals surface area contributed by atoms with E-state index < -0.39 is 18.5 Å². The summed E-state index contributed by atoms with van der Waals surface area (Å²) in [6.45, 7) is 0.895. The molecule has 0 saturated carbocycles. The van der Waals surface area contributed by atoms with Crippen molar-refractivity contribution >= 4 is 39.9 Å². The Kier molecular flexibility index (Phi) is 6.13. The van der Waals surface area contributed by atoms with Crippen molar-refractivity contribution in [1.82, 2.24) is 4.98 Å². The molecule has 0 fully saturated rings. The number of ether oxygens (including phenoxy) is 1. The highest BCUT2D eigenvalue weighted by atomic mass is 32.1. The number of nitrogens with one attached hydrogen (secondary N) is 2. The van der Waals surface area contributed by atoms with Crippen LogP contribution in [0.5, 0.6) is 0 Å². The lowest BCUT2D eigenvalue weighted by Gasteiger charge is -2.11. The maximum absolute atomic E-state index is 12.2. The zero-order chi connectivity index (χ0) is 19.9. The summed E-state index contributed by atoms with van der Waals surface area (Å²) in [5, 5.41) is 6.98. The summed E-state index contributed by atoms with van der Waals surface area (Å²) in [6, 6.07) is 17.0. The van der Waals surface area contributed by atoms with Gasteiger partial charge in [-0.3, -0.25) is 9.59 Å². The van der Waals surface area contributed by atoms with Gasteiger partial charge in [0.1, 0.15) is 0 Å². The van der Waals surface area contributed by atoms with E-state index in [1.807, 2.05) is 48.5 Å². The van der Waals surface area contributed by atoms with Gasteiger partial charge in [0.2, 0.25) is 5.91 Å². The first-order valence-corrected chi connectivity index (χ1v) is 9.25. The van der Waals surface area contributed by atoms with Gasteiger partial charge in [-0.15, -0.1) is 11.3 Å². The second-order valence-electron chi connectivity index (χ2n) is 5.76. The Hall–Kier alpha value is -3.52. The fraction of sp³-hybridized carbons (Fsp3) is 0.100. The van der Waals surface area contributed by atoms with Crippen LogP contribution in [-0.2, 0) is 14.3 Å². The van der Waals surface area contributed by atoms with E-state index in [0.29, 0.717) is 10.8 Å². The molecule has 7 nitrogen and oxygen atoms in total. The summed E-state index contributed by atoms with van der Waals surface area (Å²) in [6.07, 6.45) is 0. The van der Waals surface area contributed by atoms with Crippen LogP contribution in [0.15, 0.2) is 60.0 Å². The maximum Gasteiger partial charge on any atom is 0.358 e. The molecular weight excluding hydrogens is 378 g/mol. The van der Waals surface area contributed by atoms with Crippen molar-refractivity contribution in [2.24, 2.45) is 0 Å². The maximum atomic E-state index is 12.2. The largest absolute Gasteiger partial charge is 0.451 e. The molecular formula is C20H17N3O4S. The molecule has 1 heterocycles. The molecule has 0 bridgehead atoms. The first kappa shape index (κ1) is 19.2. The van der Waals surface area contributed by atoms with Gasteiger partial charge in [-0.25, -0.2) is 9.78 Å². The predicted octanol–water partition coefficient (Wildman–Crippen LogP) is 3.56. The summed E-state index contributed by atoms with van der Waals surface area (Å²) in [5.41, 5.74) is 2.48. The van der Waals surface area contributed by atoms with E-state index in [-0.39, 0.29) is 11.6 Å². The molecule has 0 aliphatic heterocycles. The Labute approximate surface area is 165 Å². The lowest BCUT2D eigenvalue weighted by atomic mass is 10.0. The van der Waals surface area contributed by atoms with E-state index in [2.05, 4.69) is 15.6 Å². The number of thiazole rings is 1. The van der Waals surface area contributed by atoms with Crippen molar-refractivity contribution in [3.8, 4) is 11.1 Å². The molecule has 0 saturated heterocycles. The Morgan fingerprint density at radius 1 is 1.00 bits per heavy atom. The smallest absolute Gasteiger partial charge is 0.358 e. The fourth-order valence-corrected chi connectivity index (χ4v) is 3.15. The van der Waals surface area contributed by atoms with Crippen molar-refractivity contribution in [2.45, 2.75) is 6.92 Å². The Balaban J connectivity index is 1.60. The highest BCUT2D eigenvalue weighted by Crippen LogP contribution is 2.27. The van der Waals surface area contributed by atoms with Crippen LogP contribution >= 0.6 is 11.3 Å². The van der Waals surface area contributed by atoms with Gasteiger partial charge in [0, 0.05) is 23.6 Å². The van der Waals surface area contributed by atoms with Gasteiger partial charge in [0.25, 0.3) is 5.91 Å². The van der Waals surface area contributed by atoms with Crippen LogP contribution in [0.1, 0.15) is 17.4 Å². The molecule has 28 heavy (non-hydrogen) atoms. The van der Waals surface area contributed by atoms with Crippen LogP contribution < -0.4 is 10.6 Å². The molecule has 0 aliphatic carbocycles. The van der Waals surface area contributed by atoms with Gasteiger partial charge in [-0.05, 0) is 11.6 Å². The number of amides is 2. The van der Waals surface area contributed by atoms with E-state index in [9.17, 15) is 14.4 Å². The zero-order valence-corrected chi connectivity index (χ0v) is 15.8. The summed E-state index contributed by atoms with van der Waals surface area (Å²) in [5.74, 6) is -1.49. The van der Waals surface area contributed by atoms with Crippen molar-refractivity contribution in [3.05, 3.63) is 65.7 Å². The molecule has 3 aromatic rings. The molecule has 2 amide bonds. The van der Waals surface area contributed by atoms with Gasteiger partial charge in [0.05, 0.1) is 0 Å². The van der Waals surface area contributed by atoms with Gasteiger partial charge in [-0.2, -0.15) is 0 Å². The second kappa shape index (κ2) is 8.92. The molecule has 0 radical (unpaired) electrons. The van der Waals surface area contributed by atoms with Gasteiger partial charge >= 0.3 is 5.97 Å². The first-order chi connectivity index (χ1) is 13.5. The number of carbonyl (C=O) groups excluding carboxylic acids is 3. The van der Waals surface area contributed by atoms with Crippen molar-refractivity contribution in [3.63, 3.8) is 0 Å². The third-order valence-corrected chi connectivity index (χ3v) is 4.37. The molecule has 2 N–H and O–H groups in total. The highest BCUT2D eigenvalue weighted by Gasteiger charge is 2.15. The number of rotatable bonds is 6. The lowest BCUT2D eigenvalue weighted by molar-refractivity contribution is -0.119. The molecule has 8 heteroatoms. The number of hydrogen-bond donors (Lipinski definition) is 2. The fourth-order valence-electron chi connectivity index (χ4n) is 2.43. The molecule has 0 atom stereocenters. The normalized spacial score (nSPS) is 10.2. The first-order valence-electron chi connectivity index (χ1n) is 8.37. The van der Waals surface area contributed by atoms with Crippen molar-refractivity contribution in [1.29, 1.82) is 0 Å². The Morgan fingerprint density at radius 3 is 2.46 bits per heavy atom. The topological polar surface area (TPSA) is 97.4 Å². The number of aromatic nitrogens is 1. The molecule has 0 spiro atoms. The van der Waals surface area contributed by atoms with Crippen LogP contribution in [0.3, 0.4) is 0 Å². The Morgan fingerprint density at radius 2 is 1.71 bits per heavy atom. The van der Waals surface area contributed by atoms with Crippen molar-refractivity contribution < 1.29 is 19.1 Å². The van der Waals surface area contributed by atoms with E-state index in [1.165, 1.54) is 12.3 Å². The molecule has 0 unspecified atom stereocenters. The number of esters is 1. The predicted molar refractivity (Wildman–Crippen MR) is 107 cm³/mol. The average molecular weight is 395 g/mol. The van der Waals surface area contributed by atoms with E-state index in [0.717, 1.165) is 22.5 Å². The number of anilines is 2. The van der Waals surface area contributed by atoms with Crippen LogP contribution in [0, 0.1) is 0 Å². The number of para-hydroxylation sites is 1. The molecule has 2 aromatic carbocycles. The monoisotopic (exact) mass is 395 g/mol. The second-order valence-corrected chi connectivity index (χ2v) is 6.61. The minimum atomic E-state index is -0.737. The van der Waals surface area contributed by atoms with Gasteiger partial charge < -0.3 is 15.4 Å². The van der Waals surface area contributed by atoms with E-state index >= 15 is 0 Å². The third kappa shape index (κ3) is 5.01. The summed E-state index contributed by atoms with van der Waals surface area (Å²) in [7, 11) is 0. The van der Waals surface area contributed by atoms with Gasteiger partial charge in [-0.1, -0.05) is 48.5 Å². The number of benzene rings is 2. The minimum absolute atomic E-state index is 0.0336. The van der Waals surface area contributed by atoms with Crippen LogP contribution in [0.25, 0.3) is 11.1 Å². The van der Waals surface area contributed by atoms with Crippen LogP contribution in [-0.4, -0.2) is 29.4 Å². The molecule has 0 aliphatic rings. The van der Waals surface area contributed by atoms with E-state index in [1.54, 1.807) is 6.07 Å². The third-order valence-electron chi connectivity index (χ3n) is 3.62. The summed E-state index contributed by atoms with van der Waals surface area (Å²) in [4.78, 5) is 39.2.